The molecule has 0 saturated carbocycles. The van der Waals surface area contributed by atoms with E-state index in [9.17, 15) is 13.2 Å². The van der Waals surface area contributed by atoms with Gasteiger partial charge >= 0.3 is 6.18 Å². The zero-order chi connectivity index (χ0) is 16.4. The summed E-state index contributed by atoms with van der Waals surface area (Å²) in [7, 11) is 2.14. The maximum atomic E-state index is 12.6. The minimum absolute atomic E-state index is 0.574. The third-order valence-corrected chi connectivity index (χ3v) is 5.49. The van der Waals surface area contributed by atoms with Crippen LogP contribution in [0.1, 0.15) is 39.8 Å². The summed E-state index contributed by atoms with van der Waals surface area (Å²) in [5, 5.41) is 0.971. The highest BCUT2D eigenvalue weighted by Gasteiger charge is 2.30. The zero-order valence-electron chi connectivity index (χ0n) is 12.9. The lowest BCUT2D eigenvalue weighted by Gasteiger charge is -2.27. The van der Waals surface area contributed by atoms with Crippen molar-refractivity contribution in [3.63, 3.8) is 0 Å². The Balaban J connectivity index is 1.65. The minimum atomic E-state index is -4.28. The number of thiazole rings is 1. The van der Waals surface area contributed by atoms with Gasteiger partial charge in [-0.3, -0.25) is 0 Å². The molecule has 0 spiro atoms. The van der Waals surface area contributed by atoms with Gasteiger partial charge in [0.1, 0.15) is 0 Å². The molecule has 0 aliphatic carbocycles. The smallest absolute Gasteiger partial charge is 0.306 e. The molecular weight excluding hydrogens is 321 g/mol. The molecule has 0 atom stereocenters. The molecule has 0 unspecified atom stereocenters. The zero-order valence-corrected chi connectivity index (χ0v) is 13.8. The van der Waals surface area contributed by atoms with Gasteiger partial charge in [-0.15, -0.1) is 11.3 Å². The highest BCUT2D eigenvalue weighted by Crippen LogP contribution is 2.33. The van der Waals surface area contributed by atoms with Crippen LogP contribution < -0.4 is 0 Å². The first kappa shape index (κ1) is 16.5. The van der Waals surface area contributed by atoms with E-state index in [1.54, 1.807) is 23.5 Å². The van der Waals surface area contributed by atoms with Crippen molar-refractivity contribution in [3.8, 4) is 0 Å². The lowest BCUT2D eigenvalue weighted by Crippen LogP contribution is -2.28. The van der Waals surface area contributed by atoms with E-state index in [1.807, 2.05) is 6.20 Å². The second-order valence-corrected chi connectivity index (χ2v) is 7.25. The average Bonchev–Trinajstić information content (AvgIpc) is 2.96. The van der Waals surface area contributed by atoms with E-state index in [4.69, 9.17) is 0 Å². The number of rotatable bonds is 3. The van der Waals surface area contributed by atoms with E-state index < -0.39 is 11.7 Å². The van der Waals surface area contributed by atoms with Crippen molar-refractivity contribution in [2.75, 3.05) is 20.1 Å². The van der Waals surface area contributed by atoms with Gasteiger partial charge in [-0.2, -0.15) is 13.2 Å². The molecule has 6 heteroatoms. The van der Waals surface area contributed by atoms with Crippen molar-refractivity contribution in [3.05, 3.63) is 51.5 Å². The number of halogens is 3. The normalized spacial score (nSPS) is 17.6. The second-order valence-electron chi connectivity index (χ2n) is 6.11. The van der Waals surface area contributed by atoms with Crippen LogP contribution in [0.25, 0.3) is 0 Å². The highest BCUT2D eigenvalue weighted by molar-refractivity contribution is 7.11. The van der Waals surface area contributed by atoms with Crippen molar-refractivity contribution in [2.45, 2.75) is 31.4 Å². The molecule has 1 aliphatic heterocycles. The third kappa shape index (κ3) is 4.12. The summed E-state index contributed by atoms with van der Waals surface area (Å²) in [4.78, 5) is 8.10. The van der Waals surface area contributed by atoms with Crippen molar-refractivity contribution in [1.82, 2.24) is 9.88 Å². The Morgan fingerprint density at radius 3 is 2.43 bits per heavy atom. The Labute approximate surface area is 138 Å². The molecule has 1 aromatic carbocycles. The van der Waals surface area contributed by atoms with Crippen molar-refractivity contribution in [1.29, 1.82) is 0 Å². The monoisotopic (exact) mass is 340 g/mol. The lowest BCUT2D eigenvalue weighted by atomic mass is 9.96. The van der Waals surface area contributed by atoms with Crippen LogP contribution in [0.15, 0.2) is 30.5 Å². The summed E-state index contributed by atoms with van der Waals surface area (Å²) >= 11 is 1.69. The van der Waals surface area contributed by atoms with Crippen LogP contribution in [-0.2, 0) is 12.6 Å². The molecular formula is C17H19F3N2S. The molecule has 2 heterocycles. The van der Waals surface area contributed by atoms with Crippen molar-refractivity contribution >= 4 is 11.3 Å². The first-order chi connectivity index (χ1) is 10.9. The first-order valence-electron chi connectivity index (χ1n) is 7.71. The van der Waals surface area contributed by atoms with Crippen LogP contribution in [-0.4, -0.2) is 30.0 Å². The SMILES string of the molecule is CN1CCC(c2cnc(Cc3ccc(C(F)(F)F)cc3)s2)CC1. The molecule has 2 aromatic rings. The standard InChI is InChI=1S/C17H19F3N2S/c1-22-8-6-13(7-9-22)15-11-21-16(23-15)10-12-2-4-14(5-3-12)17(18,19)20/h2-5,11,13H,6-10H2,1H3. The van der Waals surface area contributed by atoms with E-state index in [0.29, 0.717) is 12.3 Å². The first-order valence-corrected chi connectivity index (χ1v) is 8.53. The van der Waals surface area contributed by atoms with Crippen molar-refractivity contribution in [2.24, 2.45) is 0 Å². The van der Waals surface area contributed by atoms with E-state index in [2.05, 4.69) is 16.9 Å². The summed E-state index contributed by atoms with van der Waals surface area (Å²) in [5.74, 6) is 0.574. The van der Waals surface area contributed by atoms with Gasteiger partial charge in [0.15, 0.2) is 0 Å². The fourth-order valence-electron chi connectivity index (χ4n) is 2.87. The number of aromatic nitrogens is 1. The number of nitrogens with zero attached hydrogens (tertiary/aromatic N) is 2. The van der Waals surface area contributed by atoms with Crippen LogP contribution in [0.3, 0.4) is 0 Å². The predicted octanol–water partition coefficient (Wildman–Crippen LogP) is 4.56. The van der Waals surface area contributed by atoms with Gasteiger partial charge in [-0.25, -0.2) is 4.98 Å². The quantitative estimate of drug-likeness (QED) is 0.814. The fourth-order valence-corrected chi connectivity index (χ4v) is 4.00. The Morgan fingerprint density at radius 2 is 1.83 bits per heavy atom. The summed E-state index contributed by atoms with van der Waals surface area (Å²) in [6.45, 7) is 2.22. The molecule has 0 bridgehead atoms. The minimum Gasteiger partial charge on any atom is -0.306 e. The van der Waals surface area contributed by atoms with Crippen LogP contribution in [0, 0.1) is 0 Å². The van der Waals surface area contributed by atoms with Crippen LogP contribution >= 0.6 is 11.3 Å². The van der Waals surface area contributed by atoms with E-state index in [-0.39, 0.29) is 0 Å². The highest BCUT2D eigenvalue weighted by atomic mass is 32.1. The largest absolute Gasteiger partial charge is 0.416 e. The molecule has 124 valence electrons. The van der Waals surface area contributed by atoms with E-state index >= 15 is 0 Å². The molecule has 1 saturated heterocycles. The number of benzene rings is 1. The van der Waals surface area contributed by atoms with E-state index in [0.717, 1.165) is 48.6 Å². The number of hydrogen-bond donors (Lipinski definition) is 0. The Kier molecular flexibility index (Phi) is 4.73. The Morgan fingerprint density at radius 1 is 1.17 bits per heavy atom. The number of piperidine rings is 1. The van der Waals surface area contributed by atoms with E-state index in [1.165, 1.54) is 4.88 Å². The van der Waals surface area contributed by atoms with Gasteiger partial charge < -0.3 is 4.90 Å². The molecule has 1 fully saturated rings. The summed E-state index contributed by atoms with van der Waals surface area (Å²) in [6, 6.07) is 5.36. The molecule has 23 heavy (non-hydrogen) atoms. The third-order valence-electron chi connectivity index (χ3n) is 4.33. The molecule has 2 nitrogen and oxygen atoms in total. The predicted molar refractivity (Wildman–Crippen MR) is 85.8 cm³/mol. The van der Waals surface area contributed by atoms with Gasteiger partial charge in [-0.05, 0) is 56.6 Å². The van der Waals surface area contributed by atoms with Crippen LogP contribution in [0.2, 0.25) is 0 Å². The molecule has 0 amide bonds. The molecule has 0 N–H and O–H groups in total. The van der Waals surface area contributed by atoms with Gasteiger partial charge in [0.2, 0.25) is 0 Å². The molecule has 3 rings (SSSR count). The second kappa shape index (κ2) is 6.61. The molecule has 0 radical (unpaired) electrons. The molecule has 1 aliphatic rings. The molecule has 1 aromatic heterocycles. The summed E-state index contributed by atoms with van der Waals surface area (Å²) < 4.78 is 37.7. The maximum Gasteiger partial charge on any atom is 0.416 e. The Hall–Kier alpha value is -1.40. The van der Waals surface area contributed by atoms with Gasteiger partial charge in [0.05, 0.1) is 10.6 Å². The van der Waals surface area contributed by atoms with Gasteiger partial charge in [0.25, 0.3) is 0 Å². The fraction of sp³-hybridized carbons (Fsp3) is 0.471. The lowest BCUT2D eigenvalue weighted by molar-refractivity contribution is -0.137. The van der Waals surface area contributed by atoms with Crippen molar-refractivity contribution < 1.29 is 13.2 Å². The van der Waals surface area contributed by atoms with Gasteiger partial charge in [0, 0.05) is 17.5 Å². The van der Waals surface area contributed by atoms with Crippen LogP contribution in [0.4, 0.5) is 13.2 Å². The topological polar surface area (TPSA) is 16.1 Å². The maximum absolute atomic E-state index is 12.6. The Bertz CT molecular complexity index is 641. The van der Waals surface area contributed by atoms with Crippen LogP contribution in [0.5, 0.6) is 0 Å². The van der Waals surface area contributed by atoms with Gasteiger partial charge in [-0.1, -0.05) is 12.1 Å². The average molecular weight is 340 g/mol. The number of hydrogen-bond acceptors (Lipinski definition) is 3. The number of alkyl halides is 3. The summed E-state index contributed by atoms with van der Waals surface area (Å²) in [6.07, 6.45) is 0.563. The number of likely N-dealkylation sites (tertiary alicyclic amines) is 1. The summed E-state index contributed by atoms with van der Waals surface area (Å²) in [5.41, 5.74) is 0.259.